The molecule has 1 aliphatic rings. The first-order chi connectivity index (χ1) is 5.84. The highest BCUT2D eigenvalue weighted by atomic mass is 127. The summed E-state index contributed by atoms with van der Waals surface area (Å²) in [5.74, 6) is 1.99. The molecule has 1 aromatic heterocycles. The van der Waals surface area contributed by atoms with Crippen molar-refractivity contribution in [2.75, 3.05) is 6.54 Å². The van der Waals surface area contributed by atoms with E-state index in [2.05, 4.69) is 27.9 Å². The van der Waals surface area contributed by atoms with Gasteiger partial charge in [-0.05, 0) is 60.0 Å². The second-order valence-electron chi connectivity index (χ2n) is 3.28. The maximum Gasteiger partial charge on any atom is 0.164 e. The molecule has 12 heavy (non-hydrogen) atoms. The lowest BCUT2D eigenvalue weighted by molar-refractivity contribution is 0.460. The van der Waals surface area contributed by atoms with E-state index >= 15 is 0 Å². The van der Waals surface area contributed by atoms with E-state index in [4.69, 9.17) is 4.42 Å². The molecule has 2 rings (SSSR count). The Bertz CT molecular complexity index is 255. The molecule has 0 aliphatic heterocycles. The molecule has 1 saturated carbocycles. The summed E-state index contributed by atoms with van der Waals surface area (Å²) in [5.41, 5.74) is 0. The molecule has 0 radical (unpaired) electrons. The zero-order valence-corrected chi connectivity index (χ0v) is 9.00. The molecule has 1 aliphatic carbocycles. The molecule has 66 valence electrons. The molecule has 1 N–H and O–H groups in total. The molecule has 0 spiro atoms. The van der Waals surface area contributed by atoms with Gasteiger partial charge in [-0.1, -0.05) is 0 Å². The molecule has 1 heterocycles. The lowest BCUT2D eigenvalue weighted by Gasteiger charge is -1.98. The first-order valence-electron chi connectivity index (χ1n) is 4.29. The average Bonchev–Trinajstić information content (AvgIpc) is 2.76. The number of furan rings is 1. The van der Waals surface area contributed by atoms with Crippen LogP contribution in [0.5, 0.6) is 0 Å². The third-order valence-electron chi connectivity index (χ3n) is 2.06. The van der Waals surface area contributed by atoms with Crippen molar-refractivity contribution in [2.45, 2.75) is 19.4 Å². The number of hydrogen-bond donors (Lipinski definition) is 1. The van der Waals surface area contributed by atoms with Gasteiger partial charge in [-0.25, -0.2) is 0 Å². The van der Waals surface area contributed by atoms with Crippen LogP contribution in [0.1, 0.15) is 18.6 Å². The van der Waals surface area contributed by atoms with Crippen LogP contribution in [0, 0.1) is 9.68 Å². The fourth-order valence-electron chi connectivity index (χ4n) is 1.17. The van der Waals surface area contributed by atoms with Gasteiger partial charge in [0.05, 0.1) is 6.54 Å². The molecule has 1 fully saturated rings. The SMILES string of the molecule is Ic1ccc(CNCC2CC2)o1. The van der Waals surface area contributed by atoms with E-state index in [0.29, 0.717) is 0 Å². The summed E-state index contributed by atoms with van der Waals surface area (Å²) >= 11 is 2.18. The summed E-state index contributed by atoms with van der Waals surface area (Å²) in [6.45, 7) is 2.02. The van der Waals surface area contributed by atoms with Crippen LogP contribution in [0.2, 0.25) is 0 Å². The maximum atomic E-state index is 5.41. The van der Waals surface area contributed by atoms with E-state index < -0.39 is 0 Å². The zero-order valence-electron chi connectivity index (χ0n) is 6.85. The van der Waals surface area contributed by atoms with Crippen LogP contribution in [0.15, 0.2) is 16.5 Å². The first kappa shape index (κ1) is 8.56. The van der Waals surface area contributed by atoms with E-state index in [1.807, 2.05) is 12.1 Å². The van der Waals surface area contributed by atoms with Crippen LogP contribution in [-0.4, -0.2) is 6.54 Å². The Kier molecular flexibility index (Phi) is 2.70. The Labute approximate surface area is 85.9 Å². The van der Waals surface area contributed by atoms with Crippen LogP contribution in [0.25, 0.3) is 0 Å². The lowest BCUT2D eigenvalue weighted by Crippen LogP contribution is -2.15. The molecule has 3 heteroatoms. The van der Waals surface area contributed by atoms with E-state index in [9.17, 15) is 0 Å². The highest BCUT2D eigenvalue weighted by molar-refractivity contribution is 14.1. The van der Waals surface area contributed by atoms with Crippen molar-refractivity contribution in [3.63, 3.8) is 0 Å². The third kappa shape index (κ3) is 2.48. The fourth-order valence-corrected chi connectivity index (χ4v) is 1.63. The maximum absolute atomic E-state index is 5.41. The quantitative estimate of drug-likeness (QED) is 0.855. The van der Waals surface area contributed by atoms with Gasteiger partial charge in [0.25, 0.3) is 0 Å². The van der Waals surface area contributed by atoms with Crippen molar-refractivity contribution in [3.05, 3.63) is 21.7 Å². The monoisotopic (exact) mass is 277 g/mol. The number of rotatable bonds is 4. The summed E-state index contributed by atoms with van der Waals surface area (Å²) in [5, 5.41) is 3.38. The first-order valence-corrected chi connectivity index (χ1v) is 5.37. The second-order valence-corrected chi connectivity index (χ2v) is 4.34. The average molecular weight is 277 g/mol. The van der Waals surface area contributed by atoms with Crippen molar-refractivity contribution in [3.8, 4) is 0 Å². The van der Waals surface area contributed by atoms with Gasteiger partial charge in [-0.3, -0.25) is 0 Å². The van der Waals surface area contributed by atoms with E-state index in [-0.39, 0.29) is 0 Å². The van der Waals surface area contributed by atoms with Gasteiger partial charge in [-0.15, -0.1) is 0 Å². The number of nitrogens with one attached hydrogen (secondary N) is 1. The molecule has 0 unspecified atom stereocenters. The van der Waals surface area contributed by atoms with Gasteiger partial charge in [0.15, 0.2) is 3.77 Å². The summed E-state index contributed by atoms with van der Waals surface area (Å²) in [4.78, 5) is 0. The Morgan fingerprint density at radius 3 is 2.92 bits per heavy atom. The molecule has 0 saturated heterocycles. The molecular formula is C9H12INO. The van der Waals surface area contributed by atoms with Crippen LogP contribution in [0.3, 0.4) is 0 Å². The molecule has 0 bridgehead atoms. The van der Waals surface area contributed by atoms with E-state index in [1.54, 1.807) is 0 Å². The minimum absolute atomic E-state index is 0.875. The Balaban J connectivity index is 1.71. The molecule has 0 amide bonds. The van der Waals surface area contributed by atoms with E-state index in [1.165, 1.54) is 12.8 Å². The van der Waals surface area contributed by atoms with Crippen molar-refractivity contribution in [1.82, 2.24) is 5.32 Å². The summed E-state index contributed by atoms with van der Waals surface area (Å²) in [6.07, 6.45) is 2.81. The molecule has 0 atom stereocenters. The van der Waals surface area contributed by atoms with Gasteiger partial charge in [0, 0.05) is 0 Å². The zero-order chi connectivity index (χ0) is 8.39. The highest BCUT2D eigenvalue weighted by Crippen LogP contribution is 2.27. The van der Waals surface area contributed by atoms with Gasteiger partial charge in [0.2, 0.25) is 0 Å². The predicted octanol–water partition coefficient (Wildman–Crippen LogP) is 2.38. The molecule has 1 aromatic rings. The van der Waals surface area contributed by atoms with Crippen LogP contribution in [-0.2, 0) is 6.54 Å². The fraction of sp³-hybridized carbons (Fsp3) is 0.556. The largest absolute Gasteiger partial charge is 0.454 e. The van der Waals surface area contributed by atoms with Crippen LogP contribution in [0.4, 0.5) is 0 Å². The number of halogens is 1. The number of hydrogen-bond acceptors (Lipinski definition) is 2. The van der Waals surface area contributed by atoms with Gasteiger partial charge in [-0.2, -0.15) is 0 Å². The topological polar surface area (TPSA) is 25.2 Å². The van der Waals surface area contributed by atoms with Crippen molar-refractivity contribution < 1.29 is 4.42 Å². The predicted molar refractivity (Wildman–Crippen MR) is 55.9 cm³/mol. The van der Waals surface area contributed by atoms with Crippen molar-refractivity contribution in [1.29, 1.82) is 0 Å². The van der Waals surface area contributed by atoms with E-state index in [0.717, 1.165) is 28.5 Å². The highest BCUT2D eigenvalue weighted by Gasteiger charge is 2.20. The smallest absolute Gasteiger partial charge is 0.164 e. The molecular weight excluding hydrogens is 265 g/mol. The summed E-state index contributed by atoms with van der Waals surface area (Å²) in [6, 6.07) is 4.02. The minimum atomic E-state index is 0.875. The van der Waals surface area contributed by atoms with Crippen molar-refractivity contribution >= 4 is 22.6 Å². The standard InChI is InChI=1S/C9H12INO/c10-9-4-3-8(12-9)6-11-5-7-1-2-7/h3-4,7,11H,1-2,5-6H2. The third-order valence-corrected chi connectivity index (χ3v) is 2.64. The van der Waals surface area contributed by atoms with Gasteiger partial charge >= 0.3 is 0 Å². The Morgan fingerprint density at radius 1 is 1.50 bits per heavy atom. The Morgan fingerprint density at radius 2 is 2.33 bits per heavy atom. The van der Waals surface area contributed by atoms with Crippen LogP contribution >= 0.6 is 22.6 Å². The molecule has 2 nitrogen and oxygen atoms in total. The van der Waals surface area contributed by atoms with Gasteiger partial charge < -0.3 is 9.73 Å². The Hall–Kier alpha value is -0.0300. The second kappa shape index (κ2) is 3.79. The van der Waals surface area contributed by atoms with Crippen LogP contribution < -0.4 is 5.32 Å². The minimum Gasteiger partial charge on any atom is -0.454 e. The summed E-state index contributed by atoms with van der Waals surface area (Å²) in [7, 11) is 0. The van der Waals surface area contributed by atoms with Gasteiger partial charge in [0.1, 0.15) is 5.76 Å². The lowest BCUT2D eigenvalue weighted by atomic mass is 10.4. The summed E-state index contributed by atoms with van der Waals surface area (Å²) < 4.78 is 6.38. The molecule has 0 aromatic carbocycles. The normalized spacial score (nSPS) is 16.8. The van der Waals surface area contributed by atoms with Crippen molar-refractivity contribution in [2.24, 2.45) is 5.92 Å².